The summed E-state index contributed by atoms with van der Waals surface area (Å²) in [5.74, 6) is 0. The van der Waals surface area contributed by atoms with Crippen molar-refractivity contribution in [1.29, 1.82) is 0 Å². The molecule has 2 N–H and O–H groups in total. The Balaban J connectivity index is 0. The summed E-state index contributed by atoms with van der Waals surface area (Å²) in [6.45, 7) is 3.82. The normalized spacial score (nSPS) is 15.6. The van der Waals surface area contributed by atoms with Crippen LogP contribution in [0.4, 0.5) is 0 Å². The average molecular weight is 177 g/mol. The predicted octanol–water partition coefficient (Wildman–Crippen LogP) is 0.916. The number of rotatable bonds is 4. The van der Waals surface area contributed by atoms with E-state index in [1.807, 2.05) is 13.8 Å². The third-order valence-electron chi connectivity index (χ3n) is 1.49. The number of aliphatic hydroxyl groups is 2. The van der Waals surface area contributed by atoms with Crippen molar-refractivity contribution in [1.82, 2.24) is 0 Å². The van der Waals surface area contributed by atoms with Crippen molar-refractivity contribution < 1.29 is 36.1 Å². The first-order chi connectivity index (χ1) is 4.20. The average Bonchev–Trinajstić information content (AvgIpc) is 1.87. The fourth-order valence-electron chi connectivity index (χ4n) is 0.647. The Bertz CT molecular complexity index is 60.6. The SMILES string of the molecule is CCC(O)CC(O)CC.[Sc]. The standard InChI is InChI=1S/C7H16O2.Sc/c1-3-6(8)5-7(9)4-2;/h6-9H,3-5H2,1-2H3;. The largest absolute Gasteiger partial charge is 0.393 e. The third-order valence-corrected chi connectivity index (χ3v) is 1.49. The van der Waals surface area contributed by atoms with Crippen LogP contribution in [-0.4, -0.2) is 22.4 Å². The smallest absolute Gasteiger partial charge is 0.0562 e. The van der Waals surface area contributed by atoms with Gasteiger partial charge < -0.3 is 10.2 Å². The van der Waals surface area contributed by atoms with E-state index in [2.05, 4.69) is 0 Å². The maximum atomic E-state index is 9.00. The Hall–Kier alpha value is 0.790. The molecule has 0 spiro atoms. The molecule has 0 rings (SSSR count). The molecule has 0 amide bonds. The predicted molar refractivity (Wildman–Crippen MR) is 37.2 cm³/mol. The summed E-state index contributed by atoms with van der Waals surface area (Å²) >= 11 is 0. The van der Waals surface area contributed by atoms with Crippen molar-refractivity contribution >= 4 is 0 Å². The summed E-state index contributed by atoms with van der Waals surface area (Å²) < 4.78 is 0. The second-order valence-electron chi connectivity index (χ2n) is 2.36. The van der Waals surface area contributed by atoms with Crippen LogP contribution in [0, 0.1) is 0 Å². The van der Waals surface area contributed by atoms with Crippen molar-refractivity contribution in [3.63, 3.8) is 0 Å². The van der Waals surface area contributed by atoms with Gasteiger partial charge >= 0.3 is 0 Å². The maximum Gasteiger partial charge on any atom is 0.0562 e. The van der Waals surface area contributed by atoms with Crippen LogP contribution in [0.25, 0.3) is 0 Å². The van der Waals surface area contributed by atoms with E-state index < -0.39 is 0 Å². The van der Waals surface area contributed by atoms with E-state index in [0.29, 0.717) is 6.42 Å². The van der Waals surface area contributed by atoms with E-state index in [9.17, 15) is 0 Å². The second-order valence-corrected chi connectivity index (χ2v) is 2.36. The molecule has 0 aromatic rings. The Labute approximate surface area is 81.4 Å². The number of hydrogen-bond donors (Lipinski definition) is 2. The van der Waals surface area contributed by atoms with Crippen LogP contribution in [0.2, 0.25) is 0 Å². The zero-order valence-corrected chi connectivity index (χ0v) is 8.55. The number of hydrogen-bond acceptors (Lipinski definition) is 2. The Morgan fingerprint density at radius 1 is 1.00 bits per heavy atom. The summed E-state index contributed by atoms with van der Waals surface area (Å²) in [5, 5.41) is 18.0. The Morgan fingerprint density at radius 3 is 1.50 bits per heavy atom. The van der Waals surface area contributed by atoms with Gasteiger partial charge in [0.05, 0.1) is 12.2 Å². The van der Waals surface area contributed by atoms with Crippen molar-refractivity contribution in [3.8, 4) is 0 Å². The monoisotopic (exact) mass is 177 g/mol. The van der Waals surface area contributed by atoms with Gasteiger partial charge in [-0.1, -0.05) is 13.8 Å². The van der Waals surface area contributed by atoms with Crippen LogP contribution in [0.5, 0.6) is 0 Å². The summed E-state index contributed by atoms with van der Waals surface area (Å²) in [5.41, 5.74) is 0. The van der Waals surface area contributed by atoms with Gasteiger partial charge in [-0.3, -0.25) is 0 Å². The van der Waals surface area contributed by atoms with Crippen molar-refractivity contribution in [2.75, 3.05) is 0 Å². The summed E-state index contributed by atoms with van der Waals surface area (Å²) in [6.07, 6.45) is 1.35. The molecule has 1 radical (unpaired) electrons. The molecule has 0 fully saturated rings. The molecule has 0 aromatic heterocycles. The van der Waals surface area contributed by atoms with Gasteiger partial charge in [0.25, 0.3) is 0 Å². The molecule has 0 aromatic carbocycles. The third kappa shape index (κ3) is 6.90. The van der Waals surface area contributed by atoms with Crippen LogP contribution in [0.3, 0.4) is 0 Å². The summed E-state index contributed by atoms with van der Waals surface area (Å²) in [7, 11) is 0. The molecule has 0 saturated carbocycles. The van der Waals surface area contributed by atoms with Gasteiger partial charge in [0, 0.05) is 25.8 Å². The van der Waals surface area contributed by atoms with Crippen LogP contribution in [-0.2, 0) is 25.8 Å². The van der Waals surface area contributed by atoms with Crippen molar-refractivity contribution in [2.24, 2.45) is 0 Å². The first kappa shape index (κ1) is 13.4. The molecule has 0 saturated heterocycles. The van der Waals surface area contributed by atoms with E-state index >= 15 is 0 Å². The maximum absolute atomic E-state index is 9.00. The van der Waals surface area contributed by atoms with E-state index in [4.69, 9.17) is 10.2 Å². The zero-order valence-electron chi connectivity index (χ0n) is 6.75. The molecular formula is C7H16O2Sc. The second kappa shape index (κ2) is 7.89. The molecule has 3 heteroatoms. The molecule has 2 nitrogen and oxygen atoms in total. The molecule has 0 bridgehead atoms. The molecule has 2 atom stereocenters. The Morgan fingerprint density at radius 2 is 1.30 bits per heavy atom. The fraction of sp³-hybridized carbons (Fsp3) is 1.00. The van der Waals surface area contributed by atoms with Crippen molar-refractivity contribution in [2.45, 2.75) is 45.3 Å². The first-order valence-corrected chi connectivity index (χ1v) is 3.56. The summed E-state index contributed by atoms with van der Waals surface area (Å²) in [6, 6.07) is 0. The molecular weight excluding hydrogens is 161 g/mol. The molecule has 0 heterocycles. The first-order valence-electron chi connectivity index (χ1n) is 3.56. The van der Waals surface area contributed by atoms with E-state index in [0.717, 1.165) is 12.8 Å². The van der Waals surface area contributed by atoms with Gasteiger partial charge in [-0.05, 0) is 19.3 Å². The zero-order chi connectivity index (χ0) is 7.28. The molecule has 2 unspecified atom stereocenters. The van der Waals surface area contributed by atoms with Gasteiger partial charge in [-0.2, -0.15) is 0 Å². The van der Waals surface area contributed by atoms with Gasteiger partial charge in [-0.25, -0.2) is 0 Å². The van der Waals surface area contributed by atoms with Crippen LogP contribution >= 0.6 is 0 Å². The molecule has 0 aliphatic heterocycles. The number of aliphatic hydroxyl groups excluding tert-OH is 2. The van der Waals surface area contributed by atoms with Crippen LogP contribution in [0.15, 0.2) is 0 Å². The van der Waals surface area contributed by atoms with E-state index in [1.165, 1.54) is 0 Å². The van der Waals surface area contributed by atoms with Crippen LogP contribution in [0.1, 0.15) is 33.1 Å². The van der Waals surface area contributed by atoms with Gasteiger partial charge in [0.2, 0.25) is 0 Å². The molecule has 59 valence electrons. The van der Waals surface area contributed by atoms with Gasteiger partial charge in [0.1, 0.15) is 0 Å². The molecule has 10 heavy (non-hydrogen) atoms. The van der Waals surface area contributed by atoms with E-state index in [-0.39, 0.29) is 38.1 Å². The summed E-state index contributed by atoms with van der Waals surface area (Å²) in [4.78, 5) is 0. The minimum absolute atomic E-state index is 0. The topological polar surface area (TPSA) is 40.5 Å². The Kier molecular flexibility index (Phi) is 10.6. The minimum Gasteiger partial charge on any atom is -0.393 e. The van der Waals surface area contributed by atoms with Crippen LogP contribution < -0.4 is 0 Å². The molecule has 0 aliphatic rings. The fourth-order valence-corrected chi connectivity index (χ4v) is 0.647. The van der Waals surface area contributed by atoms with Crippen molar-refractivity contribution in [3.05, 3.63) is 0 Å². The molecule has 0 aliphatic carbocycles. The minimum atomic E-state index is -0.319. The van der Waals surface area contributed by atoms with Gasteiger partial charge in [0.15, 0.2) is 0 Å². The van der Waals surface area contributed by atoms with E-state index in [1.54, 1.807) is 0 Å². The van der Waals surface area contributed by atoms with Gasteiger partial charge in [-0.15, -0.1) is 0 Å². The quantitative estimate of drug-likeness (QED) is 0.670.